The average Bonchev–Trinajstić information content (AvgIpc) is 3.15. The Morgan fingerprint density at radius 3 is 2.50 bits per heavy atom. The second-order valence-corrected chi connectivity index (χ2v) is 7.31. The van der Waals surface area contributed by atoms with Crippen molar-refractivity contribution in [3.63, 3.8) is 0 Å². The zero-order chi connectivity index (χ0) is 21.3. The molecule has 0 atom stereocenters. The molecule has 10 nitrogen and oxygen atoms in total. The number of hydrogen-bond acceptors (Lipinski definition) is 7. The summed E-state index contributed by atoms with van der Waals surface area (Å²) < 4.78 is 6.90. The summed E-state index contributed by atoms with van der Waals surface area (Å²) >= 11 is 0. The van der Waals surface area contributed by atoms with Gasteiger partial charge in [-0.3, -0.25) is 4.79 Å². The van der Waals surface area contributed by atoms with E-state index >= 15 is 0 Å². The maximum Gasteiger partial charge on any atom is 0.368 e. The van der Waals surface area contributed by atoms with Crippen LogP contribution in [0.2, 0.25) is 0 Å². The van der Waals surface area contributed by atoms with Gasteiger partial charge in [-0.2, -0.15) is 0 Å². The van der Waals surface area contributed by atoms with E-state index in [9.17, 15) is 14.9 Å². The molecule has 0 bridgehead atoms. The summed E-state index contributed by atoms with van der Waals surface area (Å²) in [7, 11) is 0. The largest absolute Gasteiger partial charge is 0.484 e. The lowest BCUT2D eigenvalue weighted by atomic mass is 10.1. The number of fused-ring (bicyclic) bond motifs is 1. The van der Waals surface area contributed by atoms with Crippen LogP contribution in [0.3, 0.4) is 0 Å². The van der Waals surface area contributed by atoms with Crippen LogP contribution >= 0.6 is 0 Å². The molecule has 1 aliphatic rings. The molecule has 0 saturated carbocycles. The molecular weight excluding hydrogens is 388 g/mol. The van der Waals surface area contributed by atoms with Crippen LogP contribution in [0.1, 0.15) is 11.1 Å². The molecule has 156 valence electrons. The molecule has 10 heteroatoms. The fraction of sp³-hybridized carbons (Fsp3) is 0.350. The number of carbonyl (C=O) groups is 1. The predicted octanol–water partition coefficient (Wildman–Crippen LogP) is 1.98. The van der Waals surface area contributed by atoms with Gasteiger partial charge >= 0.3 is 5.82 Å². The van der Waals surface area contributed by atoms with Gasteiger partial charge in [0.05, 0.1) is 0 Å². The number of aryl methyl sites for hydroxylation is 2. The first kappa shape index (κ1) is 19.6. The maximum atomic E-state index is 12.5. The summed E-state index contributed by atoms with van der Waals surface area (Å²) in [5, 5.41) is 15.5. The number of nitrogens with zero attached hydrogens (tertiary/aromatic N) is 6. The third-order valence-corrected chi connectivity index (χ3v) is 5.03. The smallest absolute Gasteiger partial charge is 0.368 e. The standard InChI is InChI=1S/C20H22N6O4/c1-14-9-15(2)11-16(10-14)30-13-20(27)24-7-5-23(6-8-24)18-4-3-17-21-12-19(26(28)29)25(17)22-18/h3-4,9-12H,5-8,13H2,1-2H3. The van der Waals surface area contributed by atoms with Crippen LogP contribution in [0.4, 0.5) is 11.6 Å². The van der Waals surface area contributed by atoms with Crippen LogP contribution in [0.5, 0.6) is 5.75 Å². The van der Waals surface area contributed by atoms with Gasteiger partial charge in [-0.15, -0.1) is 0 Å². The summed E-state index contributed by atoms with van der Waals surface area (Å²) in [5.74, 6) is 1.06. The number of rotatable bonds is 5. The van der Waals surface area contributed by atoms with Crippen molar-refractivity contribution >= 4 is 23.2 Å². The molecule has 1 saturated heterocycles. The Kier molecular flexibility index (Phi) is 5.21. The second kappa shape index (κ2) is 7.97. The molecule has 3 aromatic rings. The van der Waals surface area contributed by atoms with Crippen molar-refractivity contribution in [2.24, 2.45) is 0 Å². The molecule has 0 unspecified atom stereocenters. The van der Waals surface area contributed by atoms with Crippen molar-refractivity contribution in [3.8, 4) is 5.75 Å². The van der Waals surface area contributed by atoms with E-state index in [1.54, 1.807) is 17.0 Å². The van der Waals surface area contributed by atoms with Gasteiger partial charge in [0.15, 0.2) is 12.4 Å². The van der Waals surface area contributed by atoms with Crippen molar-refractivity contribution in [2.75, 3.05) is 37.7 Å². The monoisotopic (exact) mass is 410 g/mol. The van der Waals surface area contributed by atoms with E-state index in [-0.39, 0.29) is 18.3 Å². The quantitative estimate of drug-likeness (QED) is 0.468. The molecule has 4 rings (SSSR count). The average molecular weight is 410 g/mol. The number of anilines is 1. The summed E-state index contributed by atoms with van der Waals surface area (Å²) in [6.45, 7) is 6.19. The zero-order valence-corrected chi connectivity index (χ0v) is 16.8. The van der Waals surface area contributed by atoms with E-state index < -0.39 is 4.92 Å². The van der Waals surface area contributed by atoms with E-state index in [0.29, 0.717) is 43.4 Å². The summed E-state index contributed by atoms with van der Waals surface area (Å²) in [6, 6.07) is 9.36. The Morgan fingerprint density at radius 1 is 1.13 bits per heavy atom. The van der Waals surface area contributed by atoms with Gasteiger partial charge in [0.1, 0.15) is 11.9 Å². The van der Waals surface area contributed by atoms with Crippen molar-refractivity contribution in [1.82, 2.24) is 19.5 Å². The number of benzene rings is 1. The van der Waals surface area contributed by atoms with Crippen LogP contribution < -0.4 is 9.64 Å². The highest BCUT2D eigenvalue weighted by atomic mass is 16.6. The van der Waals surface area contributed by atoms with Crippen molar-refractivity contribution in [1.29, 1.82) is 0 Å². The molecule has 0 spiro atoms. The van der Waals surface area contributed by atoms with Gasteiger partial charge in [0, 0.05) is 32.2 Å². The molecule has 3 heterocycles. The fourth-order valence-corrected chi connectivity index (χ4v) is 3.58. The van der Waals surface area contributed by atoms with Crippen LogP contribution in [0, 0.1) is 24.0 Å². The van der Waals surface area contributed by atoms with Gasteiger partial charge in [0.2, 0.25) is 5.65 Å². The highest BCUT2D eigenvalue weighted by Crippen LogP contribution is 2.19. The van der Waals surface area contributed by atoms with Gasteiger partial charge < -0.3 is 24.7 Å². The van der Waals surface area contributed by atoms with Crippen LogP contribution in [0.15, 0.2) is 36.5 Å². The minimum Gasteiger partial charge on any atom is -0.484 e. The van der Waals surface area contributed by atoms with E-state index in [4.69, 9.17) is 4.74 Å². The SMILES string of the molecule is Cc1cc(C)cc(OCC(=O)N2CCN(c3ccc4ncc([N+](=O)[O-])n4n3)CC2)c1. The van der Waals surface area contributed by atoms with Gasteiger partial charge in [-0.05, 0) is 48.1 Å². The van der Waals surface area contributed by atoms with Gasteiger partial charge in [-0.25, -0.2) is 4.98 Å². The summed E-state index contributed by atoms with van der Waals surface area (Å²) in [5.41, 5.74) is 2.60. The lowest BCUT2D eigenvalue weighted by Crippen LogP contribution is -2.50. The topological polar surface area (TPSA) is 106 Å². The molecule has 30 heavy (non-hydrogen) atoms. The lowest BCUT2D eigenvalue weighted by molar-refractivity contribution is -0.391. The molecule has 1 fully saturated rings. The van der Waals surface area contributed by atoms with Crippen molar-refractivity contribution < 1.29 is 14.5 Å². The number of carbonyl (C=O) groups excluding carboxylic acids is 1. The Labute approximate surface area is 172 Å². The molecule has 1 aromatic carbocycles. The van der Waals surface area contributed by atoms with E-state index in [1.807, 2.05) is 30.9 Å². The third kappa shape index (κ3) is 4.02. The Bertz CT molecular complexity index is 1080. The minimum atomic E-state index is -0.511. The Hall–Kier alpha value is -3.69. The van der Waals surface area contributed by atoms with E-state index in [0.717, 1.165) is 11.1 Å². The zero-order valence-electron chi connectivity index (χ0n) is 16.8. The normalized spacial score (nSPS) is 14.2. The molecule has 2 aromatic heterocycles. The lowest BCUT2D eigenvalue weighted by Gasteiger charge is -2.34. The van der Waals surface area contributed by atoms with E-state index in [2.05, 4.69) is 16.1 Å². The van der Waals surface area contributed by atoms with Gasteiger partial charge in [-0.1, -0.05) is 15.7 Å². The van der Waals surface area contributed by atoms with Crippen molar-refractivity contribution in [2.45, 2.75) is 13.8 Å². The van der Waals surface area contributed by atoms with Crippen LogP contribution in [-0.2, 0) is 4.79 Å². The van der Waals surface area contributed by atoms with E-state index in [1.165, 1.54) is 10.7 Å². The minimum absolute atomic E-state index is 0.00562. The summed E-state index contributed by atoms with van der Waals surface area (Å²) in [6.07, 6.45) is 1.19. The Morgan fingerprint density at radius 2 is 1.83 bits per heavy atom. The fourth-order valence-electron chi connectivity index (χ4n) is 3.58. The third-order valence-electron chi connectivity index (χ3n) is 5.03. The summed E-state index contributed by atoms with van der Waals surface area (Å²) in [4.78, 5) is 30.9. The number of amides is 1. The first-order valence-corrected chi connectivity index (χ1v) is 9.64. The number of aromatic nitrogens is 3. The molecule has 1 aliphatic heterocycles. The first-order valence-electron chi connectivity index (χ1n) is 9.64. The van der Waals surface area contributed by atoms with Crippen LogP contribution in [0.25, 0.3) is 5.65 Å². The number of piperazine rings is 1. The van der Waals surface area contributed by atoms with Crippen molar-refractivity contribution in [3.05, 3.63) is 57.8 Å². The van der Waals surface area contributed by atoms with Gasteiger partial charge in [0.25, 0.3) is 5.91 Å². The molecule has 0 N–H and O–H groups in total. The predicted molar refractivity (Wildman–Crippen MR) is 110 cm³/mol. The number of nitro groups is 1. The Balaban J connectivity index is 1.36. The highest BCUT2D eigenvalue weighted by molar-refractivity contribution is 5.78. The van der Waals surface area contributed by atoms with Crippen LogP contribution in [-0.4, -0.2) is 63.1 Å². The highest BCUT2D eigenvalue weighted by Gasteiger charge is 2.24. The second-order valence-electron chi connectivity index (χ2n) is 7.31. The molecular formula is C20H22N6O4. The number of hydrogen-bond donors (Lipinski definition) is 0. The molecule has 0 radical (unpaired) electrons. The molecule has 0 aliphatic carbocycles. The number of ether oxygens (including phenoxy) is 1. The molecule has 1 amide bonds. The first-order chi connectivity index (χ1) is 14.4. The maximum absolute atomic E-state index is 12.5. The number of imidazole rings is 1.